The lowest BCUT2D eigenvalue weighted by atomic mass is 10.2. The molecule has 0 spiro atoms. The van der Waals surface area contributed by atoms with Crippen LogP contribution in [0.5, 0.6) is 0 Å². The topological polar surface area (TPSA) is 75.4 Å². The van der Waals surface area contributed by atoms with E-state index >= 15 is 0 Å². The Balaban J connectivity index is 2.72. The van der Waals surface area contributed by atoms with Gasteiger partial charge >= 0.3 is 5.97 Å². The summed E-state index contributed by atoms with van der Waals surface area (Å²) in [6.07, 6.45) is 6.37. The van der Waals surface area contributed by atoms with Gasteiger partial charge in [0.15, 0.2) is 0 Å². The Morgan fingerprint density at radius 3 is 2.67 bits per heavy atom. The van der Waals surface area contributed by atoms with Gasteiger partial charge in [-0.3, -0.25) is 14.3 Å². The summed E-state index contributed by atoms with van der Waals surface area (Å²) >= 11 is 0. The summed E-state index contributed by atoms with van der Waals surface area (Å²) in [5, 5.41) is 12.7. The normalized spacial score (nSPS) is 11.1. The van der Waals surface area contributed by atoms with Crippen LogP contribution in [-0.4, -0.2) is 44.3 Å². The number of hydrogen-bond acceptors (Lipinski definition) is 3. The summed E-state index contributed by atoms with van der Waals surface area (Å²) in [6.45, 7) is 3.26. The van der Waals surface area contributed by atoms with Crippen LogP contribution in [0.2, 0.25) is 0 Å². The Morgan fingerprint density at radius 1 is 1.56 bits per heavy atom. The van der Waals surface area contributed by atoms with Crippen molar-refractivity contribution in [2.45, 2.75) is 19.9 Å². The third kappa shape index (κ3) is 4.04. The summed E-state index contributed by atoms with van der Waals surface area (Å²) in [5.74, 6) is -1.34. The number of hydrogen-bond donors (Lipinski definition) is 1. The Hall–Kier alpha value is -2.11. The predicted octanol–water partition coefficient (Wildman–Crippen LogP) is 0.755. The molecule has 18 heavy (non-hydrogen) atoms. The molecule has 1 N–H and O–H groups in total. The zero-order valence-electron chi connectivity index (χ0n) is 10.7. The lowest BCUT2D eigenvalue weighted by Gasteiger charge is -2.23. The minimum Gasteiger partial charge on any atom is -0.480 e. The average molecular weight is 251 g/mol. The van der Waals surface area contributed by atoms with Crippen LogP contribution in [0, 0.1) is 0 Å². The second kappa shape index (κ2) is 6.00. The van der Waals surface area contributed by atoms with Gasteiger partial charge in [-0.15, -0.1) is 0 Å². The molecule has 0 fully saturated rings. The van der Waals surface area contributed by atoms with Gasteiger partial charge in [-0.1, -0.05) is 0 Å². The molecule has 6 heteroatoms. The standard InChI is InChI=1S/C12H17N3O3/c1-9(2)15(8-12(17)18)11(16)5-4-10-6-13-14(3)7-10/h4-7,9H,8H2,1-3H3,(H,17,18)/b5-4+. The van der Waals surface area contributed by atoms with E-state index in [9.17, 15) is 9.59 Å². The second-order valence-electron chi connectivity index (χ2n) is 4.23. The van der Waals surface area contributed by atoms with Crippen LogP contribution in [-0.2, 0) is 16.6 Å². The highest BCUT2D eigenvalue weighted by atomic mass is 16.4. The quantitative estimate of drug-likeness (QED) is 0.784. The molecule has 0 aliphatic carbocycles. The lowest BCUT2D eigenvalue weighted by molar-refractivity contribution is -0.143. The highest BCUT2D eigenvalue weighted by molar-refractivity contribution is 5.93. The molecule has 1 aromatic rings. The van der Waals surface area contributed by atoms with Gasteiger partial charge in [0.2, 0.25) is 5.91 Å². The number of carboxylic acids is 1. The van der Waals surface area contributed by atoms with Crippen molar-refractivity contribution in [1.82, 2.24) is 14.7 Å². The SMILES string of the molecule is CC(C)N(CC(=O)O)C(=O)/C=C/c1cnn(C)c1. The van der Waals surface area contributed by atoms with E-state index in [1.807, 2.05) is 0 Å². The molecular weight excluding hydrogens is 234 g/mol. The predicted molar refractivity (Wildman–Crippen MR) is 66.7 cm³/mol. The van der Waals surface area contributed by atoms with Gasteiger partial charge < -0.3 is 10.0 Å². The first kappa shape index (κ1) is 14.0. The van der Waals surface area contributed by atoms with Gasteiger partial charge in [0.25, 0.3) is 0 Å². The van der Waals surface area contributed by atoms with Crippen molar-refractivity contribution in [1.29, 1.82) is 0 Å². The maximum atomic E-state index is 11.8. The molecule has 1 rings (SSSR count). The first-order chi connectivity index (χ1) is 8.40. The minimum absolute atomic E-state index is 0.160. The van der Waals surface area contributed by atoms with Crippen LogP contribution < -0.4 is 0 Å². The molecule has 0 unspecified atom stereocenters. The number of carbonyl (C=O) groups is 2. The molecule has 0 atom stereocenters. The van der Waals surface area contributed by atoms with Crippen molar-refractivity contribution >= 4 is 18.0 Å². The Labute approximate surface area is 106 Å². The molecule has 0 bridgehead atoms. The van der Waals surface area contributed by atoms with Crippen molar-refractivity contribution in [2.24, 2.45) is 7.05 Å². The first-order valence-electron chi connectivity index (χ1n) is 5.59. The van der Waals surface area contributed by atoms with E-state index in [4.69, 9.17) is 5.11 Å². The van der Waals surface area contributed by atoms with E-state index in [1.165, 1.54) is 11.0 Å². The van der Waals surface area contributed by atoms with Gasteiger partial charge in [-0.05, 0) is 19.9 Å². The zero-order valence-corrected chi connectivity index (χ0v) is 10.7. The number of aromatic nitrogens is 2. The van der Waals surface area contributed by atoms with Crippen LogP contribution in [0.4, 0.5) is 0 Å². The highest BCUT2D eigenvalue weighted by Gasteiger charge is 2.17. The minimum atomic E-state index is -1.02. The fraction of sp³-hybridized carbons (Fsp3) is 0.417. The first-order valence-corrected chi connectivity index (χ1v) is 5.59. The van der Waals surface area contributed by atoms with Crippen LogP contribution >= 0.6 is 0 Å². The van der Waals surface area contributed by atoms with E-state index in [-0.39, 0.29) is 18.5 Å². The molecule has 0 saturated heterocycles. The van der Waals surface area contributed by atoms with Crippen molar-refractivity contribution in [3.63, 3.8) is 0 Å². The van der Waals surface area contributed by atoms with Gasteiger partial charge in [0.05, 0.1) is 6.20 Å². The molecule has 0 saturated carbocycles. The average Bonchev–Trinajstić information content (AvgIpc) is 2.68. The molecule has 1 aromatic heterocycles. The Bertz CT molecular complexity index is 463. The smallest absolute Gasteiger partial charge is 0.323 e. The van der Waals surface area contributed by atoms with Crippen molar-refractivity contribution < 1.29 is 14.7 Å². The van der Waals surface area contributed by atoms with Crippen molar-refractivity contribution in [2.75, 3.05) is 6.54 Å². The van der Waals surface area contributed by atoms with Crippen LogP contribution in [0.15, 0.2) is 18.5 Å². The second-order valence-corrected chi connectivity index (χ2v) is 4.23. The molecule has 0 aliphatic rings. The van der Waals surface area contributed by atoms with Crippen LogP contribution in [0.1, 0.15) is 19.4 Å². The third-order valence-corrected chi connectivity index (χ3v) is 2.36. The van der Waals surface area contributed by atoms with Crippen molar-refractivity contribution in [3.05, 3.63) is 24.0 Å². The van der Waals surface area contributed by atoms with Gasteiger partial charge in [0, 0.05) is 30.9 Å². The third-order valence-electron chi connectivity index (χ3n) is 2.36. The number of aliphatic carboxylic acids is 1. The van der Waals surface area contributed by atoms with Crippen LogP contribution in [0.25, 0.3) is 6.08 Å². The molecule has 1 heterocycles. The molecule has 6 nitrogen and oxygen atoms in total. The lowest BCUT2D eigenvalue weighted by Crippen LogP contribution is -2.39. The summed E-state index contributed by atoms with van der Waals surface area (Å²) in [5.41, 5.74) is 0.796. The number of amides is 1. The Kier molecular flexibility index (Phi) is 4.65. The van der Waals surface area contributed by atoms with E-state index < -0.39 is 5.97 Å². The van der Waals surface area contributed by atoms with E-state index in [2.05, 4.69) is 5.10 Å². The molecule has 0 aliphatic heterocycles. The maximum absolute atomic E-state index is 11.8. The molecule has 1 amide bonds. The summed E-state index contributed by atoms with van der Waals surface area (Å²) in [7, 11) is 1.78. The molecule has 0 aromatic carbocycles. The van der Waals surface area contributed by atoms with Crippen molar-refractivity contribution in [3.8, 4) is 0 Å². The largest absolute Gasteiger partial charge is 0.480 e. The zero-order chi connectivity index (χ0) is 13.7. The van der Waals surface area contributed by atoms with Crippen LogP contribution in [0.3, 0.4) is 0 Å². The number of carboxylic acid groups (broad SMARTS) is 1. The number of nitrogens with zero attached hydrogens (tertiary/aromatic N) is 3. The fourth-order valence-corrected chi connectivity index (χ4v) is 1.45. The summed E-state index contributed by atoms with van der Waals surface area (Å²) in [6, 6.07) is -0.160. The molecule has 98 valence electrons. The van der Waals surface area contributed by atoms with E-state index in [0.29, 0.717) is 0 Å². The number of carbonyl (C=O) groups excluding carboxylic acids is 1. The van der Waals surface area contributed by atoms with E-state index in [1.54, 1.807) is 44.0 Å². The number of rotatable bonds is 5. The maximum Gasteiger partial charge on any atom is 0.323 e. The molecule has 0 radical (unpaired) electrons. The van der Waals surface area contributed by atoms with E-state index in [0.717, 1.165) is 5.56 Å². The summed E-state index contributed by atoms with van der Waals surface area (Å²) < 4.78 is 1.63. The highest BCUT2D eigenvalue weighted by Crippen LogP contribution is 2.03. The monoisotopic (exact) mass is 251 g/mol. The summed E-state index contributed by atoms with van der Waals surface area (Å²) in [4.78, 5) is 23.8. The fourth-order valence-electron chi connectivity index (χ4n) is 1.45. The number of aryl methyl sites for hydroxylation is 1. The Morgan fingerprint density at radius 2 is 2.22 bits per heavy atom. The van der Waals surface area contributed by atoms with Gasteiger partial charge in [-0.25, -0.2) is 0 Å². The van der Waals surface area contributed by atoms with Gasteiger partial charge in [0.1, 0.15) is 6.54 Å². The molecular formula is C12H17N3O3. The van der Waals surface area contributed by atoms with Gasteiger partial charge in [-0.2, -0.15) is 5.10 Å².